The molecule has 2 aromatic carbocycles. The zero-order chi connectivity index (χ0) is 23.6. The lowest BCUT2D eigenvalue weighted by Crippen LogP contribution is -2.34. The van der Waals surface area contributed by atoms with Crippen molar-refractivity contribution in [1.29, 1.82) is 0 Å². The normalized spacial score (nSPS) is 16.7. The van der Waals surface area contributed by atoms with Crippen molar-refractivity contribution in [3.8, 4) is 22.9 Å². The number of amides is 1. The molecule has 3 aliphatic rings. The maximum absolute atomic E-state index is 13.3. The van der Waals surface area contributed by atoms with Crippen LogP contribution in [0, 0.1) is 0 Å². The summed E-state index contributed by atoms with van der Waals surface area (Å²) in [4.78, 5) is 15.4. The van der Waals surface area contributed by atoms with Gasteiger partial charge in [-0.3, -0.25) is 9.36 Å². The zero-order valence-electron chi connectivity index (χ0n) is 19.6. The Morgan fingerprint density at radius 3 is 2.71 bits per heavy atom. The molecule has 0 unspecified atom stereocenters. The lowest BCUT2D eigenvalue weighted by atomic mass is 10.0. The molecular weight excluding hydrogens is 460 g/mol. The number of benzene rings is 2. The Morgan fingerprint density at radius 2 is 1.91 bits per heavy atom. The van der Waals surface area contributed by atoms with Crippen LogP contribution in [0.2, 0.25) is 0 Å². The summed E-state index contributed by atoms with van der Waals surface area (Å²) in [5.74, 6) is 2.82. The second-order valence-corrected chi connectivity index (χ2v) is 10.1. The van der Waals surface area contributed by atoms with Crippen molar-refractivity contribution in [2.24, 2.45) is 0 Å². The minimum absolute atomic E-state index is 0.171. The van der Waals surface area contributed by atoms with Crippen molar-refractivity contribution < 1.29 is 14.3 Å². The molecule has 6 rings (SSSR count). The lowest BCUT2D eigenvalue weighted by Gasteiger charge is -2.27. The van der Waals surface area contributed by atoms with Gasteiger partial charge < -0.3 is 14.4 Å². The van der Waals surface area contributed by atoms with Crippen molar-refractivity contribution in [3.63, 3.8) is 0 Å². The Balaban J connectivity index is 1.25. The van der Waals surface area contributed by atoms with Gasteiger partial charge in [0.1, 0.15) is 0 Å². The Hall–Kier alpha value is -3.26. The average molecular weight is 489 g/mol. The van der Waals surface area contributed by atoms with Gasteiger partial charge in [-0.05, 0) is 56.2 Å². The Bertz CT molecular complexity index is 1250. The molecule has 8 heteroatoms. The number of carbonyl (C=O) groups excluding carboxylic acids is 1. The first-order valence-electron chi connectivity index (χ1n) is 12.3. The summed E-state index contributed by atoms with van der Waals surface area (Å²) < 4.78 is 13.1. The first kappa shape index (κ1) is 22.2. The van der Waals surface area contributed by atoms with Crippen molar-refractivity contribution in [3.05, 3.63) is 65.9 Å². The smallest absolute Gasteiger partial charge is 0.237 e. The SMILES string of the molecule is O=C(CSc1nnc(-c2ccccc2)n1Cc1ccc2c(c1)OCO2)N(C1=CCCCC1)C1CC1. The van der Waals surface area contributed by atoms with E-state index in [1.807, 2.05) is 48.5 Å². The Morgan fingerprint density at radius 1 is 1.06 bits per heavy atom. The number of hydrogen-bond donors (Lipinski definition) is 0. The number of fused-ring (bicyclic) bond motifs is 1. The molecule has 0 radical (unpaired) electrons. The number of rotatable bonds is 8. The predicted molar refractivity (Wildman–Crippen MR) is 134 cm³/mol. The van der Waals surface area contributed by atoms with E-state index in [0.717, 1.165) is 59.3 Å². The van der Waals surface area contributed by atoms with Crippen LogP contribution in [-0.2, 0) is 11.3 Å². The molecule has 1 aliphatic heterocycles. The topological polar surface area (TPSA) is 69.5 Å². The zero-order valence-corrected chi connectivity index (χ0v) is 20.4. The maximum atomic E-state index is 13.3. The third-order valence-corrected chi connectivity index (χ3v) is 7.56. The van der Waals surface area contributed by atoms with Crippen LogP contribution in [0.5, 0.6) is 11.5 Å². The molecule has 1 saturated carbocycles. The van der Waals surface area contributed by atoms with Crippen molar-refractivity contribution in [2.75, 3.05) is 12.5 Å². The van der Waals surface area contributed by atoms with E-state index >= 15 is 0 Å². The standard InChI is InChI=1S/C27H28N4O3S/c32-25(31(22-12-13-22)21-9-5-2-6-10-21)17-35-27-29-28-26(20-7-3-1-4-8-20)30(27)16-19-11-14-23-24(15-19)34-18-33-23/h1,3-4,7-9,11,14-15,22H,2,5-6,10,12-13,16-18H2. The molecule has 7 nitrogen and oxygen atoms in total. The van der Waals surface area contributed by atoms with Crippen LogP contribution >= 0.6 is 11.8 Å². The lowest BCUT2D eigenvalue weighted by molar-refractivity contribution is -0.127. The molecule has 3 aromatic rings. The number of nitrogens with zero attached hydrogens (tertiary/aromatic N) is 4. The Labute approximate surface area is 209 Å². The van der Waals surface area contributed by atoms with Crippen LogP contribution in [0.25, 0.3) is 11.4 Å². The molecule has 1 amide bonds. The molecule has 2 heterocycles. The van der Waals surface area contributed by atoms with Gasteiger partial charge in [0.05, 0.1) is 12.3 Å². The average Bonchev–Trinajstić information content (AvgIpc) is 3.47. The van der Waals surface area contributed by atoms with E-state index in [0.29, 0.717) is 18.3 Å². The van der Waals surface area contributed by atoms with E-state index in [1.54, 1.807) is 0 Å². The fraction of sp³-hybridized carbons (Fsp3) is 0.370. The molecule has 0 N–H and O–H groups in total. The van der Waals surface area contributed by atoms with E-state index in [2.05, 4.69) is 25.7 Å². The molecule has 0 spiro atoms. The number of hydrogen-bond acceptors (Lipinski definition) is 6. The van der Waals surface area contributed by atoms with Crippen LogP contribution in [0.4, 0.5) is 0 Å². The molecule has 1 fully saturated rings. The van der Waals surface area contributed by atoms with Gasteiger partial charge in [0.15, 0.2) is 22.5 Å². The van der Waals surface area contributed by atoms with Crippen LogP contribution in [-0.4, -0.2) is 44.2 Å². The fourth-order valence-corrected chi connectivity index (χ4v) is 5.52. The van der Waals surface area contributed by atoms with Gasteiger partial charge >= 0.3 is 0 Å². The van der Waals surface area contributed by atoms with Crippen LogP contribution in [0.3, 0.4) is 0 Å². The van der Waals surface area contributed by atoms with Crippen LogP contribution in [0.15, 0.2) is 65.5 Å². The summed E-state index contributed by atoms with van der Waals surface area (Å²) in [5.41, 5.74) is 3.27. The minimum Gasteiger partial charge on any atom is -0.454 e. The van der Waals surface area contributed by atoms with E-state index < -0.39 is 0 Å². The third-order valence-electron chi connectivity index (χ3n) is 6.61. The van der Waals surface area contributed by atoms with E-state index in [1.165, 1.54) is 30.3 Å². The third kappa shape index (κ3) is 4.80. The molecule has 0 atom stereocenters. The highest BCUT2D eigenvalue weighted by atomic mass is 32.2. The van der Waals surface area contributed by atoms with Gasteiger partial charge in [0.2, 0.25) is 12.7 Å². The number of carbonyl (C=O) groups is 1. The summed E-state index contributed by atoms with van der Waals surface area (Å²) in [6.07, 6.45) is 8.93. The van der Waals surface area contributed by atoms with Gasteiger partial charge in [0, 0.05) is 17.3 Å². The number of thioether (sulfide) groups is 1. The molecule has 35 heavy (non-hydrogen) atoms. The highest BCUT2D eigenvalue weighted by molar-refractivity contribution is 7.99. The molecule has 1 aromatic heterocycles. The summed E-state index contributed by atoms with van der Waals surface area (Å²) in [7, 11) is 0. The molecule has 0 saturated heterocycles. The van der Waals surface area contributed by atoms with Gasteiger partial charge in [-0.1, -0.05) is 54.2 Å². The number of ether oxygens (including phenoxy) is 2. The van der Waals surface area contributed by atoms with Gasteiger partial charge in [-0.2, -0.15) is 0 Å². The summed E-state index contributed by atoms with van der Waals surface area (Å²) in [6.45, 7) is 0.819. The summed E-state index contributed by atoms with van der Waals surface area (Å²) in [5, 5.41) is 9.75. The highest BCUT2D eigenvalue weighted by Crippen LogP contribution is 2.36. The molecular formula is C27H28N4O3S. The van der Waals surface area contributed by atoms with Crippen LogP contribution < -0.4 is 9.47 Å². The fourth-order valence-electron chi connectivity index (χ4n) is 4.73. The van der Waals surface area contributed by atoms with Gasteiger partial charge in [-0.25, -0.2) is 0 Å². The van der Waals surface area contributed by atoms with Crippen LogP contribution in [0.1, 0.15) is 44.1 Å². The summed E-state index contributed by atoms with van der Waals surface area (Å²) >= 11 is 1.47. The molecule has 0 bridgehead atoms. The van der Waals surface area contributed by atoms with E-state index in [-0.39, 0.29) is 12.7 Å². The largest absolute Gasteiger partial charge is 0.454 e. The quantitative estimate of drug-likeness (QED) is 0.403. The van der Waals surface area contributed by atoms with E-state index in [4.69, 9.17) is 9.47 Å². The van der Waals surface area contributed by atoms with Crippen molar-refractivity contribution in [2.45, 2.75) is 56.3 Å². The molecule has 180 valence electrons. The first-order valence-corrected chi connectivity index (χ1v) is 13.3. The molecule has 2 aliphatic carbocycles. The van der Waals surface area contributed by atoms with Crippen molar-refractivity contribution >= 4 is 17.7 Å². The first-order chi connectivity index (χ1) is 17.3. The summed E-state index contributed by atoms with van der Waals surface area (Å²) in [6, 6.07) is 16.4. The monoisotopic (exact) mass is 488 g/mol. The minimum atomic E-state index is 0.171. The second kappa shape index (κ2) is 9.77. The van der Waals surface area contributed by atoms with Gasteiger partial charge in [0.25, 0.3) is 0 Å². The number of aromatic nitrogens is 3. The van der Waals surface area contributed by atoms with E-state index in [9.17, 15) is 4.79 Å². The van der Waals surface area contributed by atoms with Crippen molar-refractivity contribution in [1.82, 2.24) is 19.7 Å². The highest BCUT2D eigenvalue weighted by Gasteiger charge is 2.35. The predicted octanol–water partition coefficient (Wildman–Crippen LogP) is 5.26. The van der Waals surface area contributed by atoms with Gasteiger partial charge in [-0.15, -0.1) is 10.2 Å². The number of allylic oxidation sites excluding steroid dienone is 2. The second-order valence-electron chi connectivity index (χ2n) is 9.17. The maximum Gasteiger partial charge on any atom is 0.237 e. The Kier molecular flexibility index (Phi) is 6.21.